The molecule has 1 fully saturated rings. The van der Waals surface area contributed by atoms with Crippen molar-refractivity contribution >= 4 is 34.2 Å². The summed E-state index contributed by atoms with van der Waals surface area (Å²) in [7, 11) is -3.24. The molecule has 0 aliphatic heterocycles. The first-order valence-corrected chi connectivity index (χ1v) is 10.7. The Hall–Kier alpha value is -0.910. The highest BCUT2D eigenvalue weighted by Crippen LogP contribution is 2.33. The van der Waals surface area contributed by atoms with Crippen LogP contribution in [0.5, 0.6) is 0 Å². The minimum absolute atomic E-state index is 0.205. The van der Waals surface area contributed by atoms with Crippen molar-refractivity contribution in [2.24, 2.45) is 0 Å². The van der Waals surface area contributed by atoms with E-state index in [0.29, 0.717) is 11.3 Å². The molecule has 0 radical (unpaired) electrons. The Morgan fingerprint density at radius 1 is 0.913 bits per heavy atom. The third-order valence-electron chi connectivity index (χ3n) is 4.17. The number of rotatable bonds is 4. The Morgan fingerprint density at radius 3 is 2.22 bits per heavy atom. The van der Waals surface area contributed by atoms with Crippen molar-refractivity contribution < 1.29 is 8.42 Å². The average Bonchev–Trinajstić information content (AvgIpc) is 2.56. The second kappa shape index (κ2) is 7.32. The molecule has 0 bridgehead atoms. The summed E-state index contributed by atoms with van der Waals surface area (Å²) >= 11 is 6.10. The molecule has 1 saturated carbocycles. The van der Waals surface area contributed by atoms with Crippen LogP contribution in [0.2, 0.25) is 0 Å². The molecule has 23 heavy (non-hydrogen) atoms. The summed E-state index contributed by atoms with van der Waals surface area (Å²) in [6.45, 7) is 0. The molecule has 0 N–H and O–H groups in total. The fourth-order valence-corrected chi connectivity index (χ4v) is 6.20. The van der Waals surface area contributed by atoms with E-state index in [9.17, 15) is 8.42 Å². The molecule has 0 unspecified atom stereocenters. The van der Waals surface area contributed by atoms with Crippen LogP contribution in [0, 0.1) is 0 Å². The van der Waals surface area contributed by atoms with Gasteiger partial charge in [0.05, 0.1) is 10.1 Å². The van der Waals surface area contributed by atoms with Gasteiger partial charge in [0.1, 0.15) is 0 Å². The molecule has 1 aliphatic rings. The van der Waals surface area contributed by atoms with E-state index < -0.39 is 9.84 Å². The van der Waals surface area contributed by atoms with E-state index in [1.807, 2.05) is 42.5 Å². The van der Waals surface area contributed by atoms with Gasteiger partial charge in [0.25, 0.3) is 0 Å². The average molecular weight is 365 g/mol. The summed E-state index contributed by atoms with van der Waals surface area (Å²) in [5.41, 5.74) is 0. The zero-order valence-electron chi connectivity index (χ0n) is 12.8. The first-order valence-electron chi connectivity index (χ1n) is 7.80. The molecular weight excluding hydrogens is 344 g/mol. The molecule has 0 aromatic heterocycles. The van der Waals surface area contributed by atoms with Crippen molar-refractivity contribution in [1.29, 1.82) is 0 Å². The topological polar surface area (TPSA) is 34.1 Å². The largest absolute Gasteiger partial charge is 0.223 e. The molecule has 0 amide bonds. The van der Waals surface area contributed by atoms with E-state index >= 15 is 0 Å². The van der Waals surface area contributed by atoms with Gasteiger partial charge in [0, 0.05) is 15.0 Å². The predicted octanol–water partition coefficient (Wildman–Crippen LogP) is 4.85. The molecule has 2 nitrogen and oxygen atoms in total. The maximum absolute atomic E-state index is 12.8. The minimum Gasteiger partial charge on any atom is -0.223 e. The SMILES string of the molecule is O=S(=O)(c1ccc(Sc2ccccc2)cc1)[C@H]1CCC[C@H](S)C1. The van der Waals surface area contributed by atoms with Crippen molar-refractivity contribution in [2.75, 3.05) is 0 Å². The lowest BCUT2D eigenvalue weighted by atomic mass is 10.00. The lowest BCUT2D eigenvalue weighted by Gasteiger charge is -2.26. The third-order valence-corrected chi connectivity index (χ3v) is 7.89. The highest BCUT2D eigenvalue weighted by atomic mass is 32.2. The Bertz CT molecular complexity index is 740. The van der Waals surface area contributed by atoms with Gasteiger partial charge in [-0.1, -0.05) is 36.4 Å². The minimum atomic E-state index is -3.24. The van der Waals surface area contributed by atoms with E-state index in [4.69, 9.17) is 0 Å². The maximum atomic E-state index is 12.8. The van der Waals surface area contributed by atoms with Crippen molar-refractivity contribution in [1.82, 2.24) is 0 Å². The molecule has 5 heteroatoms. The molecule has 122 valence electrons. The summed E-state index contributed by atoms with van der Waals surface area (Å²) in [4.78, 5) is 2.63. The third kappa shape index (κ3) is 4.14. The number of hydrogen-bond donors (Lipinski definition) is 1. The van der Waals surface area contributed by atoms with Crippen molar-refractivity contribution in [2.45, 2.75) is 50.9 Å². The van der Waals surface area contributed by atoms with E-state index in [2.05, 4.69) is 12.6 Å². The molecule has 2 aromatic carbocycles. The first kappa shape index (κ1) is 16.9. The Balaban J connectivity index is 1.76. The van der Waals surface area contributed by atoms with Crippen LogP contribution in [0.15, 0.2) is 69.3 Å². The fourth-order valence-electron chi connectivity index (χ4n) is 2.92. The summed E-state index contributed by atoms with van der Waals surface area (Å²) in [5.74, 6) is 0. The normalized spacial score (nSPS) is 22.0. The van der Waals surface area contributed by atoms with Crippen LogP contribution in [0.4, 0.5) is 0 Å². The van der Waals surface area contributed by atoms with E-state index in [1.165, 1.54) is 0 Å². The highest BCUT2D eigenvalue weighted by molar-refractivity contribution is 7.99. The van der Waals surface area contributed by atoms with Gasteiger partial charge in [-0.05, 0) is 55.7 Å². The van der Waals surface area contributed by atoms with Gasteiger partial charge in [-0.3, -0.25) is 0 Å². The summed E-state index contributed by atoms with van der Waals surface area (Å²) < 4.78 is 25.5. The van der Waals surface area contributed by atoms with Crippen LogP contribution in [-0.4, -0.2) is 18.9 Å². The summed E-state index contributed by atoms with van der Waals surface area (Å²) in [6.07, 6.45) is 3.37. The van der Waals surface area contributed by atoms with Gasteiger partial charge in [-0.2, -0.15) is 12.6 Å². The summed E-state index contributed by atoms with van der Waals surface area (Å²) in [6, 6.07) is 17.3. The van der Waals surface area contributed by atoms with Crippen molar-refractivity contribution in [3.8, 4) is 0 Å². The lowest BCUT2D eigenvalue weighted by Crippen LogP contribution is -2.28. The number of hydrogen-bond acceptors (Lipinski definition) is 4. The molecule has 3 rings (SSSR count). The van der Waals surface area contributed by atoms with Gasteiger partial charge < -0.3 is 0 Å². The Labute approximate surface area is 148 Å². The van der Waals surface area contributed by atoms with Crippen LogP contribution < -0.4 is 0 Å². The van der Waals surface area contributed by atoms with E-state index in [0.717, 1.165) is 29.1 Å². The van der Waals surface area contributed by atoms with Gasteiger partial charge in [0.2, 0.25) is 0 Å². The number of thiol groups is 1. The van der Waals surface area contributed by atoms with Crippen LogP contribution >= 0.6 is 24.4 Å². The van der Waals surface area contributed by atoms with Crippen molar-refractivity contribution in [3.63, 3.8) is 0 Å². The predicted molar refractivity (Wildman–Crippen MR) is 99.2 cm³/mol. The van der Waals surface area contributed by atoms with Crippen LogP contribution in [0.3, 0.4) is 0 Å². The second-order valence-electron chi connectivity index (χ2n) is 5.87. The van der Waals surface area contributed by atoms with E-state index in [1.54, 1.807) is 23.9 Å². The molecule has 1 aliphatic carbocycles. The monoisotopic (exact) mass is 364 g/mol. The molecular formula is C18H20O2S3. The van der Waals surface area contributed by atoms with Crippen molar-refractivity contribution in [3.05, 3.63) is 54.6 Å². The number of benzene rings is 2. The Morgan fingerprint density at radius 2 is 1.57 bits per heavy atom. The summed E-state index contributed by atoms with van der Waals surface area (Å²) in [5, 5.41) is -0.0807. The number of sulfone groups is 1. The van der Waals surface area contributed by atoms with Gasteiger partial charge in [-0.15, -0.1) is 0 Å². The zero-order chi connectivity index (χ0) is 16.3. The molecule has 2 aromatic rings. The first-order chi connectivity index (χ1) is 11.1. The quantitative estimate of drug-likeness (QED) is 0.787. The highest BCUT2D eigenvalue weighted by Gasteiger charge is 2.31. The van der Waals surface area contributed by atoms with E-state index in [-0.39, 0.29) is 10.5 Å². The van der Waals surface area contributed by atoms with Gasteiger partial charge in [-0.25, -0.2) is 8.42 Å². The lowest BCUT2D eigenvalue weighted by molar-refractivity contribution is 0.493. The second-order valence-corrected chi connectivity index (χ2v) is 9.98. The molecule has 2 atom stereocenters. The molecule has 0 heterocycles. The molecule has 0 saturated heterocycles. The van der Waals surface area contributed by atoms with Crippen LogP contribution in [0.25, 0.3) is 0 Å². The standard InChI is InChI=1S/C18H20O2S3/c19-23(20,18-8-4-5-14(21)13-18)17-11-9-16(10-12-17)22-15-6-2-1-3-7-15/h1-3,6-7,9-12,14,18,21H,4-5,8,13H2/t14-,18-/m0/s1. The zero-order valence-corrected chi connectivity index (χ0v) is 15.3. The molecule has 0 spiro atoms. The van der Waals surface area contributed by atoms with Crippen LogP contribution in [-0.2, 0) is 9.84 Å². The smallest absolute Gasteiger partial charge is 0.181 e. The van der Waals surface area contributed by atoms with Gasteiger partial charge in [0.15, 0.2) is 9.84 Å². The van der Waals surface area contributed by atoms with Gasteiger partial charge >= 0.3 is 0 Å². The fraction of sp³-hybridized carbons (Fsp3) is 0.333. The maximum Gasteiger partial charge on any atom is 0.181 e. The van der Waals surface area contributed by atoms with Crippen LogP contribution in [0.1, 0.15) is 25.7 Å². The Kier molecular flexibility index (Phi) is 5.39.